The van der Waals surface area contributed by atoms with Gasteiger partial charge in [-0.2, -0.15) is 0 Å². The maximum absolute atomic E-state index is 13.8. The largest absolute Gasteiger partial charge is 0.466 e. The number of furan rings is 1. The molecule has 0 aliphatic rings. The molecule has 4 aromatic rings. The fourth-order valence-electron chi connectivity index (χ4n) is 4.27. The molecular weight excluding hydrogens is 444 g/mol. The zero-order valence-corrected chi connectivity index (χ0v) is 21.4. The number of H-pyrrole nitrogens is 1. The molecule has 2 aromatic heterocycles. The number of carbonyl (C=O) groups is 1. The summed E-state index contributed by atoms with van der Waals surface area (Å²) in [6.07, 6.45) is 2.64. The smallest absolute Gasteiger partial charge is 0.256 e. The lowest BCUT2D eigenvalue weighted by atomic mass is 9.87. The predicted molar refractivity (Wildman–Crippen MR) is 140 cm³/mol. The average Bonchev–Trinajstić information content (AvgIpc) is 3.44. The van der Waals surface area contributed by atoms with Gasteiger partial charge in [0, 0.05) is 35.6 Å². The van der Waals surface area contributed by atoms with Crippen LogP contribution in [0.5, 0.6) is 0 Å². The molecule has 0 spiro atoms. The minimum atomic E-state index is -0.0299. The third-order valence-corrected chi connectivity index (χ3v) is 6.63. The molecule has 0 saturated heterocycles. The van der Waals surface area contributed by atoms with Gasteiger partial charge in [-0.3, -0.25) is 4.79 Å². The Kier molecular flexibility index (Phi) is 6.90. The van der Waals surface area contributed by atoms with Crippen molar-refractivity contribution in [3.63, 3.8) is 0 Å². The van der Waals surface area contributed by atoms with Crippen molar-refractivity contribution in [3.05, 3.63) is 94.0 Å². The molecule has 5 heteroatoms. The van der Waals surface area contributed by atoms with Crippen LogP contribution in [0.15, 0.2) is 65.2 Å². The van der Waals surface area contributed by atoms with E-state index in [-0.39, 0.29) is 17.2 Å². The summed E-state index contributed by atoms with van der Waals surface area (Å²) >= 11 is 6.36. The van der Waals surface area contributed by atoms with Crippen LogP contribution in [0, 0.1) is 6.92 Å². The molecule has 1 N–H and O–H groups in total. The summed E-state index contributed by atoms with van der Waals surface area (Å²) in [6, 6.07) is 18.2. The first-order valence-electron chi connectivity index (χ1n) is 11.8. The van der Waals surface area contributed by atoms with Crippen molar-refractivity contribution < 1.29 is 9.21 Å². The molecule has 1 unspecified atom stereocenters. The van der Waals surface area contributed by atoms with Crippen LogP contribution in [0.3, 0.4) is 0 Å². The van der Waals surface area contributed by atoms with Crippen molar-refractivity contribution in [1.82, 2.24) is 9.88 Å². The van der Waals surface area contributed by atoms with E-state index in [2.05, 4.69) is 56.9 Å². The second kappa shape index (κ2) is 9.71. The Morgan fingerprint density at radius 2 is 1.82 bits per heavy atom. The normalized spacial score (nSPS) is 12.8. The Hall–Kier alpha value is -2.98. The Labute approximate surface area is 206 Å². The zero-order valence-electron chi connectivity index (χ0n) is 20.6. The van der Waals surface area contributed by atoms with Gasteiger partial charge < -0.3 is 14.3 Å². The number of fused-ring (bicyclic) bond motifs is 1. The maximum atomic E-state index is 13.8. The second-order valence-corrected chi connectivity index (χ2v) is 10.6. The van der Waals surface area contributed by atoms with Crippen molar-refractivity contribution in [2.24, 2.45) is 0 Å². The number of rotatable bonds is 7. The molecule has 0 aliphatic heterocycles. The van der Waals surface area contributed by atoms with Gasteiger partial charge in [-0.05, 0) is 60.2 Å². The summed E-state index contributed by atoms with van der Waals surface area (Å²) in [6.45, 7) is 11.8. The van der Waals surface area contributed by atoms with Crippen LogP contribution in [0.25, 0.3) is 10.9 Å². The molecule has 2 heterocycles. The van der Waals surface area contributed by atoms with Crippen LogP contribution < -0.4 is 0 Å². The number of hydrogen-bond acceptors (Lipinski definition) is 2. The van der Waals surface area contributed by atoms with Gasteiger partial charge in [0.1, 0.15) is 11.5 Å². The van der Waals surface area contributed by atoms with Crippen molar-refractivity contribution in [2.45, 2.75) is 58.9 Å². The first kappa shape index (κ1) is 24.2. The fraction of sp³-hybridized carbons (Fsp3) is 0.345. The van der Waals surface area contributed by atoms with E-state index < -0.39 is 0 Å². The van der Waals surface area contributed by atoms with E-state index >= 15 is 0 Å². The molecule has 0 radical (unpaired) electrons. The number of nitrogens with one attached hydrogen (secondary N) is 1. The molecule has 0 saturated carbocycles. The third-order valence-electron chi connectivity index (χ3n) is 6.41. The number of aromatic amines is 1. The standard InChI is InChI=1S/C29H33ClN2O2/c1-19(26-11-6-20(2)34-26)13-15-32(18-21-7-9-23(10-8-21)29(3,4)5)28(33)25-17-24(30)16-22-12-14-31-27(22)25/h6-12,14,16-17,19,31H,13,15,18H2,1-5H3. The van der Waals surface area contributed by atoms with Gasteiger partial charge >= 0.3 is 0 Å². The number of aromatic nitrogens is 1. The number of nitrogens with zero attached hydrogens (tertiary/aromatic N) is 1. The van der Waals surface area contributed by atoms with E-state index in [1.54, 1.807) is 6.07 Å². The molecule has 0 aliphatic carbocycles. The topological polar surface area (TPSA) is 49.2 Å². The number of carbonyl (C=O) groups excluding carboxylic acids is 1. The third kappa shape index (κ3) is 5.39. The lowest BCUT2D eigenvalue weighted by molar-refractivity contribution is 0.0739. The molecule has 1 amide bonds. The number of halogens is 1. The van der Waals surface area contributed by atoms with Crippen LogP contribution in [0.1, 0.15) is 73.0 Å². The summed E-state index contributed by atoms with van der Waals surface area (Å²) in [5, 5.41) is 1.49. The Bertz CT molecular complexity index is 1280. The fourth-order valence-corrected chi connectivity index (χ4v) is 4.49. The summed E-state index contributed by atoms with van der Waals surface area (Å²) in [5.74, 6) is 2.03. The van der Waals surface area contributed by atoms with Crippen LogP contribution in [0.2, 0.25) is 5.02 Å². The van der Waals surface area contributed by atoms with Crippen LogP contribution in [-0.4, -0.2) is 22.3 Å². The summed E-state index contributed by atoms with van der Waals surface area (Å²) in [4.78, 5) is 18.9. The zero-order chi connectivity index (χ0) is 24.5. The highest BCUT2D eigenvalue weighted by Gasteiger charge is 2.22. The molecule has 0 bridgehead atoms. The van der Waals surface area contributed by atoms with Crippen molar-refractivity contribution >= 4 is 28.4 Å². The van der Waals surface area contributed by atoms with E-state index in [0.29, 0.717) is 23.7 Å². The van der Waals surface area contributed by atoms with Gasteiger partial charge in [-0.1, -0.05) is 63.6 Å². The molecule has 4 rings (SSSR count). The van der Waals surface area contributed by atoms with Crippen LogP contribution in [0.4, 0.5) is 0 Å². The molecule has 0 fully saturated rings. The van der Waals surface area contributed by atoms with Crippen LogP contribution in [-0.2, 0) is 12.0 Å². The minimum Gasteiger partial charge on any atom is -0.466 e. The second-order valence-electron chi connectivity index (χ2n) is 10.2. The molecular formula is C29H33ClN2O2. The van der Waals surface area contributed by atoms with Gasteiger partial charge in [-0.25, -0.2) is 0 Å². The summed E-state index contributed by atoms with van der Waals surface area (Å²) in [7, 11) is 0. The summed E-state index contributed by atoms with van der Waals surface area (Å²) < 4.78 is 5.82. The molecule has 178 valence electrons. The van der Waals surface area contributed by atoms with Crippen LogP contribution >= 0.6 is 11.6 Å². The SMILES string of the molecule is Cc1ccc(C(C)CCN(Cc2ccc(C(C)(C)C)cc2)C(=O)c2cc(Cl)cc3cc[nH]c23)o1. The number of hydrogen-bond donors (Lipinski definition) is 1. The minimum absolute atomic E-state index is 0.0299. The lowest BCUT2D eigenvalue weighted by Crippen LogP contribution is -2.32. The van der Waals surface area contributed by atoms with E-state index in [4.69, 9.17) is 16.0 Å². The predicted octanol–water partition coefficient (Wildman–Crippen LogP) is 7.86. The van der Waals surface area contributed by atoms with Gasteiger partial charge in [0.25, 0.3) is 5.91 Å². The molecule has 34 heavy (non-hydrogen) atoms. The highest BCUT2D eigenvalue weighted by molar-refractivity contribution is 6.32. The Balaban J connectivity index is 1.61. The van der Waals surface area contributed by atoms with Crippen molar-refractivity contribution in [2.75, 3.05) is 6.54 Å². The van der Waals surface area contributed by atoms with Crippen molar-refractivity contribution in [3.8, 4) is 0 Å². The number of benzene rings is 2. The maximum Gasteiger partial charge on any atom is 0.256 e. The Morgan fingerprint density at radius 1 is 1.09 bits per heavy atom. The van der Waals surface area contributed by atoms with E-state index in [1.807, 2.05) is 42.3 Å². The average molecular weight is 477 g/mol. The monoisotopic (exact) mass is 476 g/mol. The number of amides is 1. The molecule has 2 aromatic carbocycles. The quantitative estimate of drug-likeness (QED) is 0.295. The van der Waals surface area contributed by atoms with Crippen molar-refractivity contribution in [1.29, 1.82) is 0 Å². The summed E-state index contributed by atoms with van der Waals surface area (Å²) in [5.41, 5.74) is 3.88. The van der Waals surface area contributed by atoms with E-state index in [1.165, 1.54) is 5.56 Å². The van der Waals surface area contributed by atoms with Gasteiger partial charge in [0.15, 0.2) is 0 Å². The van der Waals surface area contributed by atoms with E-state index in [0.717, 1.165) is 34.4 Å². The Morgan fingerprint density at radius 3 is 2.47 bits per heavy atom. The highest BCUT2D eigenvalue weighted by atomic mass is 35.5. The molecule has 1 atom stereocenters. The highest BCUT2D eigenvalue weighted by Crippen LogP contribution is 2.27. The lowest BCUT2D eigenvalue weighted by Gasteiger charge is -2.25. The first-order valence-corrected chi connectivity index (χ1v) is 12.2. The number of aryl methyl sites for hydroxylation is 1. The molecule has 4 nitrogen and oxygen atoms in total. The van der Waals surface area contributed by atoms with E-state index in [9.17, 15) is 4.79 Å². The van der Waals surface area contributed by atoms with Gasteiger partial charge in [0.05, 0.1) is 11.1 Å². The van der Waals surface area contributed by atoms with Gasteiger partial charge in [-0.15, -0.1) is 0 Å². The first-order chi connectivity index (χ1) is 16.1. The van der Waals surface area contributed by atoms with Gasteiger partial charge in [0.2, 0.25) is 0 Å².